The summed E-state index contributed by atoms with van der Waals surface area (Å²) in [6, 6.07) is 0.501. The molecule has 0 bridgehead atoms. The molecule has 2 unspecified atom stereocenters. The van der Waals surface area contributed by atoms with Crippen LogP contribution in [0, 0.1) is 5.92 Å². The van der Waals surface area contributed by atoms with Crippen LogP contribution >= 0.6 is 0 Å². The molecule has 1 aliphatic carbocycles. The van der Waals surface area contributed by atoms with Gasteiger partial charge in [0.1, 0.15) is 5.78 Å². The largest absolute Gasteiger partial charge is 0.306 e. The molecular formula is C11H21NO. The highest BCUT2D eigenvalue weighted by atomic mass is 16.1. The monoisotopic (exact) mass is 183 g/mol. The van der Waals surface area contributed by atoms with Crippen molar-refractivity contribution in [2.75, 3.05) is 14.1 Å². The van der Waals surface area contributed by atoms with Crippen LogP contribution in [-0.2, 0) is 4.79 Å². The molecule has 76 valence electrons. The third-order valence-corrected chi connectivity index (χ3v) is 3.10. The first-order chi connectivity index (χ1) is 6.15. The van der Waals surface area contributed by atoms with Crippen molar-refractivity contribution in [2.45, 2.75) is 45.1 Å². The van der Waals surface area contributed by atoms with E-state index in [4.69, 9.17) is 0 Å². The Labute approximate surface area is 81.3 Å². The van der Waals surface area contributed by atoms with Crippen LogP contribution in [0.1, 0.15) is 39.0 Å². The molecule has 1 fully saturated rings. The third kappa shape index (κ3) is 2.80. The van der Waals surface area contributed by atoms with Gasteiger partial charge in [-0.25, -0.2) is 0 Å². The predicted molar refractivity (Wildman–Crippen MR) is 54.7 cm³/mol. The highest BCUT2D eigenvalue weighted by Crippen LogP contribution is 2.28. The molecule has 0 aliphatic heterocycles. The summed E-state index contributed by atoms with van der Waals surface area (Å²) in [6.07, 6.45) is 5.21. The van der Waals surface area contributed by atoms with Crippen LogP contribution in [0.15, 0.2) is 0 Å². The molecule has 0 radical (unpaired) electrons. The smallest absolute Gasteiger partial charge is 0.134 e. The lowest BCUT2D eigenvalue weighted by Gasteiger charge is -2.35. The van der Waals surface area contributed by atoms with Crippen LogP contribution in [0.4, 0.5) is 0 Å². The third-order valence-electron chi connectivity index (χ3n) is 3.10. The maximum Gasteiger partial charge on any atom is 0.134 e. The lowest BCUT2D eigenvalue weighted by molar-refractivity contribution is -0.123. The Balaban J connectivity index is 2.55. The van der Waals surface area contributed by atoms with E-state index in [9.17, 15) is 4.79 Å². The number of carbonyl (C=O) groups is 1. The van der Waals surface area contributed by atoms with Crippen molar-refractivity contribution in [3.63, 3.8) is 0 Å². The summed E-state index contributed by atoms with van der Waals surface area (Å²) in [5.41, 5.74) is 0. The lowest BCUT2D eigenvalue weighted by Crippen LogP contribution is -2.40. The minimum atomic E-state index is 0.450. The maximum absolute atomic E-state index is 11.3. The van der Waals surface area contributed by atoms with E-state index in [1.165, 1.54) is 12.8 Å². The first kappa shape index (κ1) is 10.7. The van der Waals surface area contributed by atoms with E-state index in [-0.39, 0.29) is 0 Å². The minimum absolute atomic E-state index is 0.450. The topological polar surface area (TPSA) is 20.3 Å². The Morgan fingerprint density at radius 2 is 2.15 bits per heavy atom. The van der Waals surface area contributed by atoms with Crippen molar-refractivity contribution in [3.05, 3.63) is 0 Å². The van der Waals surface area contributed by atoms with Crippen LogP contribution in [0.2, 0.25) is 0 Å². The zero-order valence-electron chi connectivity index (χ0n) is 9.05. The molecule has 0 aromatic rings. The molecule has 0 aromatic heterocycles. The Hall–Kier alpha value is -0.370. The molecule has 0 N–H and O–H groups in total. The van der Waals surface area contributed by atoms with Crippen LogP contribution in [0.5, 0.6) is 0 Å². The number of Topliss-reactive ketones (excluding diaryl/α,β-unsaturated/α-hetero) is 1. The number of carbonyl (C=O) groups excluding carboxylic acids is 1. The Bertz CT molecular complexity index is 177. The zero-order valence-corrected chi connectivity index (χ0v) is 9.05. The highest BCUT2D eigenvalue weighted by molar-refractivity contribution is 5.79. The van der Waals surface area contributed by atoms with Gasteiger partial charge in [0.25, 0.3) is 0 Å². The molecule has 13 heavy (non-hydrogen) atoms. The SMILES string of the molecule is CCCC1CCC(=O)CC1N(C)C. The van der Waals surface area contributed by atoms with Gasteiger partial charge in [0.15, 0.2) is 0 Å². The zero-order chi connectivity index (χ0) is 9.84. The molecule has 2 nitrogen and oxygen atoms in total. The fourth-order valence-electron chi connectivity index (χ4n) is 2.35. The van der Waals surface area contributed by atoms with Gasteiger partial charge in [-0.15, -0.1) is 0 Å². The quantitative estimate of drug-likeness (QED) is 0.667. The van der Waals surface area contributed by atoms with Crippen LogP contribution in [0.3, 0.4) is 0 Å². The van der Waals surface area contributed by atoms with Crippen LogP contribution < -0.4 is 0 Å². The Morgan fingerprint density at radius 3 is 2.69 bits per heavy atom. The fraction of sp³-hybridized carbons (Fsp3) is 0.909. The Morgan fingerprint density at radius 1 is 1.46 bits per heavy atom. The molecule has 0 aromatic carbocycles. The standard InChI is InChI=1S/C11H21NO/c1-4-5-9-6-7-10(13)8-11(9)12(2)3/h9,11H,4-8H2,1-3H3. The van der Waals surface area contributed by atoms with E-state index in [0.717, 1.165) is 25.2 Å². The summed E-state index contributed by atoms with van der Waals surface area (Å²) < 4.78 is 0. The second-order valence-corrected chi connectivity index (χ2v) is 4.36. The molecule has 0 spiro atoms. The molecule has 0 saturated heterocycles. The van der Waals surface area contributed by atoms with Gasteiger partial charge in [0.05, 0.1) is 0 Å². The van der Waals surface area contributed by atoms with Gasteiger partial charge in [-0.05, 0) is 32.9 Å². The number of rotatable bonds is 3. The van der Waals surface area contributed by atoms with Crippen LogP contribution in [0.25, 0.3) is 0 Å². The molecule has 2 atom stereocenters. The van der Waals surface area contributed by atoms with Crippen LogP contribution in [-0.4, -0.2) is 30.8 Å². The molecular weight excluding hydrogens is 162 g/mol. The number of nitrogens with zero attached hydrogens (tertiary/aromatic N) is 1. The van der Waals surface area contributed by atoms with E-state index in [2.05, 4.69) is 25.9 Å². The van der Waals surface area contributed by atoms with Gasteiger partial charge in [0, 0.05) is 18.9 Å². The lowest BCUT2D eigenvalue weighted by atomic mass is 9.80. The van der Waals surface area contributed by atoms with Crippen molar-refractivity contribution in [1.29, 1.82) is 0 Å². The summed E-state index contributed by atoms with van der Waals surface area (Å²) in [5, 5.41) is 0. The first-order valence-electron chi connectivity index (χ1n) is 5.33. The molecule has 1 saturated carbocycles. The number of ketones is 1. The average Bonchev–Trinajstić information content (AvgIpc) is 2.08. The number of hydrogen-bond donors (Lipinski definition) is 0. The second-order valence-electron chi connectivity index (χ2n) is 4.36. The van der Waals surface area contributed by atoms with E-state index in [0.29, 0.717) is 11.8 Å². The van der Waals surface area contributed by atoms with E-state index >= 15 is 0 Å². The van der Waals surface area contributed by atoms with Gasteiger partial charge >= 0.3 is 0 Å². The van der Waals surface area contributed by atoms with Gasteiger partial charge in [-0.3, -0.25) is 4.79 Å². The predicted octanol–water partition coefficient (Wildman–Crippen LogP) is 2.09. The van der Waals surface area contributed by atoms with E-state index in [1.54, 1.807) is 0 Å². The summed E-state index contributed by atoms with van der Waals surface area (Å²) in [4.78, 5) is 13.5. The maximum atomic E-state index is 11.3. The van der Waals surface area contributed by atoms with Crippen molar-refractivity contribution in [1.82, 2.24) is 4.90 Å². The van der Waals surface area contributed by atoms with Crippen molar-refractivity contribution >= 4 is 5.78 Å². The highest BCUT2D eigenvalue weighted by Gasteiger charge is 2.29. The van der Waals surface area contributed by atoms with E-state index in [1.807, 2.05) is 0 Å². The minimum Gasteiger partial charge on any atom is -0.306 e. The summed E-state index contributed by atoms with van der Waals surface area (Å²) in [7, 11) is 4.18. The molecule has 0 heterocycles. The van der Waals surface area contributed by atoms with Gasteiger partial charge in [-0.1, -0.05) is 13.3 Å². The molecule has 1 aliphatic rings. The summed E-state index contributed by atoms with van der Waals surface area (Å²) in [6.45, 7) is 2.23. The molecule has 1 rings (SSSR count). The van der Waals surface area contributed by atoms with Crippen molar-refractivity contribution in [3.8, 4) is 0 Å². The fourth-order valence-corrected chi connectivity index (χ4v) is 2.35. The van der Waals surface area contributed by atoms with Crippen molar-refractivity contribution < 1.29 is 4.79 Å². The van der Waals surface area contributed by atoms with Gasteiger partial charge in [0.2, 0.25) is 0 Å². The normalized spacial score (nSPS) is 29.7. The van der Waals surface area contributed by atoms with Gasteiger partial charge < -0.3 is 4.90 Å². The summed E-state index contributed by atoms with van der Waals surface area (Å²) in [5.74, 6) is 1.20. The summed E-state index contributed by atoms with van der Waals surface area (Å²) >= 11 is 0. The van der Waals surface area contributed by atoms with E-state index < -0.39 is 0 Å². The molecule has 0 amide bonds. The van der Waals surface area contributed by atoms with Crippen molar-refractivity contribution in [2.24, 2.45) is 5.92 Å². The van der Waals surface area contributed by atoms with Gasteiger partial charge in [-0.2, -0.15) is 0 Å². The first-order valence-corrected chi connectivity index (χ1v) is 5.33. The molecule has 2 heteroatoms. The average molecular weight is 183 g/mol. The Kier molecular flexibility index (Phi) is 3.91. The number of hydrogen-bond acceptors (Lipinski definition) is 2. The second kappa shape index (κ2) is 4.75.